The van der Waals surface area contributed by atoms with E-state index < -0.39 is 0 Å². The number of hydrogen-bond acceptors (Lipinski definition) is 6. The van der Waals surface area contributed by atoms with E-state index in [9.17, 15) is 0 Å². The van der Waals surface area contributed by atoms with Gasteiger partial charge in [-0.3, -0.25) is 9.67 Å². The van der Waals surface area contributed by atoms with Crippen molar-refractivity contribution < 1.29 is 0 Å². The van der Waals surface area contributed by atoms with Crippen molar-refractivity contribution in [3.8, 4) is 11.3 Å². The lowest BCUT2D eigenvalue weighted by Gasteiger charge is -2.20. The summed E-state index contributed by atoms with van der Waals surface area (Å²) < 4.78 is 1.99. The van der Waals surface area contributed by atoms with Crippen LogP contribution in [0.25, 0.3) is 22.7 Å². The minimum absolute atomic E-state index is 0.706. The molecule has 0 fully saturated rings. The predicted molar refractivity (Wildman–Crippen MR) is 145 cm³/mol. The van der Waals surface area contributed by atoms with Crippen LogP contribution in [0.15, 0.2) is 54.7 Å². The number of nitrogens with zero attached hydrogens (tertiary/aromatic N) is 5. The summed E-state index contributed by atoms with van der Waals surface area (Å²) in [5.41, 5.74) is 10.0. The molecule has 35 heavy (non-hydrogen) atoms. The first-order chi connectivity index (χ1) is 16.9. The average Bonchev–Trinajstić information content (AvgIpc) is 3.38. The maximum Gasteiger partial charge on any atom is 0.208 e. The van der Waals surface area contributed by atoms with Crippen molar-refractivity contribution in [3.63, 3.8) is 0 Å². The molecule has 0 unspecified atom stereocenters. The van der Waals surface area contributed by atoms with Gasteiger partial charge in [0.1, 0.15) is 0 Å². The lowest BCUT2D eigenvalue weighted by Crippen LogP contribution is -2.31. The van der Waals surface area contributed by atoms with Gasteiger partial charge in [-0.1, -0.05) is 32.1 Å². The standard InChI is InChI=1S/C28H33N7/c1-18-14-22-15-25(31-18)23-17-30-34(5)26(23)10-8-6-7-9-13-35-27-16-21(19(2)29-4)11-12-24(27)33-28(35)32-20(22)3/h11-12,14-17,29H,2-3,6-10,13H2,1,4-5H3,(H,32,33). The van der Waals surface area contributed by atoms with Gasteiger partial charge in [0.25, 0.3) is 0 Å². The number of fused-ring (bicyclic) bond motifs is 7. The molecule has 0 saturated heterocycles. The first-order valence-corrected chi connectivity index (χ1v) is 12.3. The molecule has 2 aliphatic rings. The van der Waals surface area contributed by atoms with Gasteiger partial charge in [0.15, 0.2) is 0 Å². The molecule has 0 spiro atoms. The molecule has 2 aromatic heterocycles. The van der Waals surface area contributed by atoms with Gasteiger partial charge in [-0.25, -0.2) is 4.99 Å². The minimum atomic E-state index is 0.706. The van der Waals surface area contributed by atoms with Gasteiger partial charge in [0.05, 0.1) is 29.0 Å². The molecule has 1 aromatic carbocycles. The highest BCUT2D eigenvalue weighted by molar-refractivity contribution is 6.16. The quantitative estimate of drug-likeness (QED) is 0.531. The van der Waals surface area contributed by atoms with Gasteiger partial charge in [0, 0.05) is 48.9 Å². The average molecular weight is 468 g/mol. The topological polar surface area (TPSA) is 70.4 Å². The number of aryl methyl sites for hydroxylation is 2. The molecule has 2 bridgehead atoms. The lowest BCUT2D eigenvalue weighted by molar-refractivity contribution is 0.619. The minimum Gasteiger partial charge on any atom is -0.388 e. The van der Waals surface area contributed by atoms with Crippen LogP contribution >= 0.6 is 0 Å². The molecule has 0 saturated carbocycles. The van der Waals surface area contributed by atoms with Crippen LogP contribution in [0.5, 0.6) is 0 Å². The van der Waals surface area contributed by atoms with Crippen molar-refractivity contribution in [2.24, 2.45) is 12.0 Å². The van der Waals surface area contributed by atoms with Crippen LogP contribution in [0.4, 0.5) is 11.4 Å². The fourth-order valence-electron chi connectivity index (χ4n) is 4.86. The van der Waals surface area contributed by atoms with Crippen LogP contribution in [0, 0.1) is 6.92 Å². The van der Waals surface area contributed by atoms with Crippen LogP contribution in [0.2, 0.25) is 0 Å². The molecular weight excluding hydrogens is 434 g/mol. The molecule has 5 rings (SSSR count). The lowest BCUT2D eigenvalue weighted by atomic mass is 10.0. The Bertz CT molecular complexity index is 1330. The van der Waals surface area contributed by atoms with Crippen molar-refractivity contribution in [3.05, 3.63) is 72.2 Å². The van der Waals surface area contributed by atoms with Crippen molar-refractivity contribution in [1.82, 2.24) is 20.1 Å². The Morgan fingerprint density at radius 1 is 1.11 bits per heavy atom. The normalized spacial score (nSPS) is 17.2. The molecule has 7 heteroatoms. The predicted octanol–water partition coefficient (Wildman–Crippen LogP) is 5.36. The zero-order chi connectivity index (χ0) is 24.5. The summed E-state index contributed by atoms with van der Waals surface area (Å²) in [6.07, 6.45) is 7.45. The van der Waals surface area contributed by atoms with E-state index in [1.54, 1.807) is 0 Å². The van der Waals surface area contributed by atoms with Gasteiger partial charge in [0.2, 0.25) is 5.96 Å². The molecule has 2 N–H and O–H groups in total. The SMILES string of the molecule is C=C1/N=C2\Nc3ccc(C(=C)NC)cc3N2CCCCCCc2c(cnn2C)-c2cc1cc(C)n2. The molecule has 180 valence electrons. The van der Waals surface area contributed by atoms with Crippen molar-refractivity contribution in [1.29, 1.82) is 0 Å². The largest absolute Gasteiger partial charge is 0.388 e. The third kappa shape index (κ3) is 4.46. The maximum atomic E-state index is 4.99. The second-order valence-electron chi connectivity index (χ2n) is 9.29. The summed E-state index contributed by atoms with van der Waals surface area (Å²) >= 11 is 0. The van der Waals surface area contributed by atoms with Gasteiger partial charge < -0.3 is 15.5 Å². The van der Waals surface area contributed by atoms with Crippen molar-refractivity contribution in [2.75, 3.05) is 23.8 Å². The number of hydrogen-bond donors (Lipinski definition) is 2. The smallest absolute Gasteiger partial charge is 0.208 e. The van der Waals surface area contributed by atoms with Crippen LogP contribution in [0.1, 0.15) is 48.2 Å². The number of benzene rings is 1. The third-order valence-electron chi connectivity index (χ3n) is 6.85. The maximum absolute atomic E-state index is 4.99. The summed E-state index contributed by atoms with van der Waals surface area (Å²) in [6, 6.07) is 10.5. The van der Waals surface area contributed by atoms with Gasteiger partial charge in [-0.05, 0) is 56.0 Å². The van der Waals surface area contributed by atoms with Crippen LogP contribution in [-0.2, 0) is 13.5 Å². The third-order valence-corrected chi connectivity index (χ3v) is 6.85. The summed E-state index contributed by atoms with van der Waals surface area (Å²) in [7, 11) is 3.91. The first-order valence-electron chi connectivity index (χ1n) is 12.3. The second-order valence-corrected chi connectivity index (χ2v) is 9.29. The first kappa shape index (κ1) is 22.9. The number of guanidine groups is 1. The van der Waals surface area contributed by atoms with Gasteiger partial charge in [-0.15, -0.1) is 0 Å². The van der Waals surface area contributed by atoms with E-state index in [-0.39, 0.29) is 0 Å². The number of pyridine rings is 1. The fraction of sp³-hybridized carbons (Fsp3) is 0.321. The highest BCUT2D eigenvalue weighted by atomic mass is 15.4. The Labute approximate surface area is 207 Å². The Morgan fingerprint density at radius 3 is 2.77 bits per heavy atom. The van der Waals surface area contributed by atoms with E-state index in [0.29, 0.717) is 5.70 Å². The summed E-state index contributed by atoms with van der Waals surface area (Å²) in [5, 5.41) is 11.2. The van der Waals surface area contributed by atoms with Gasteiger partial charge in [-0.2, -0.15) is 5.10 Å². The van der Waals surface area contributed by atoms with Crippen molar-refractivity contribution in [2.45, 2.75) is 39.0 Å². The summed E-state index contributed by atoms with van der Waals surface area (Å²) in [6.45, 7) is 11.4. The summed E-state index contributed by atoms with van der Waals surface area (Å²) in [4.78, 5) is 12.1. The van der Waals surface area contributed by atoms with Crippen molar-refractivity contribution >= 4 is 28.7 Å². The molecule has 7 nitrogen and oxygen atoms in total. The molecule has 0 aliphatic carbocycles. The molecule has 0 radical (unpaired) electrons. The molecule has 0 atom stereocenters. The van der Waals surface area contributed by atoms with E-state index in [1.807, 2.05) is 38.0 Å². The Balaban J connectivity index is 1.56. The number of anilines is 2. The van der Waals surface area contributed by atoms with Crippen LogP contribution in [0.3, 0.4) is 0 Å². The Kier molecular flexibility index (Phi) is 6.16. The highest BCUT2D eigenvalue weighted by Crippen LogP contribution is 2.36. The zero-order valence-electron chi connectivity index (χ0n) is 20.9. The number of rotatable bonds is 2. The fourth-order valence-corrected chi connectivity index (χ4v) is 4.86. The monoisotopic (exact) mass is 467 g/mol. The van der Waals surface area contributed by atoms with Crippen LogP contribution < -0.4 is 15.5 Å². The number of aliphatic imine (C=N–C) groups is 1. The van der Waals surface area contributed by atoms with Crippen LogP contribution in [-0.4, -0.2) is 34.3 Å². The van der Waals surface area contributed by atoms with E-state index in [1.165, 1.54) is 12.1 Å². The van der Waals surface area contributed by atoms with Gasteiger partial charge >= 0.3 is 0 Å². The molecular formula is C28H33N7. The molecule has 4 heterocycles. The molecule has 3 aromatic rings. The highest BCUT2D eigenvalue weighted by Gasteiger charge is 2.26. The summed E-state index contributed by atoms with van der Waals surface area (Å²) in [5.74, 6) is 0.810. The zero-order valence-corrected chi connectivity index (χ0v) is 20.9. The van der Waals surface area contributed by atoms with E-state index in [4.69, 9.17) is 9.98 Å². The molecule has 2 aliphatic heterocycles. The van der Waals surface area contributed by atoms with E-state index >= 15 is 0 Å². The Morgan fingerprint density at radius 2 is 1.94 bits per heavy atom. The number of aromatic nitrogens is 3. The van der Waals surface area contributed by atoms with E-state index in [2.05, 4.69) is 58.1 Å². The Hall–Kier alpha value is -3.87. The second kappa shape index (κ2) is 9.41. The molecule has 0 amide bonds. The number of nitrogens with one attached hydrogen (secondary N) is 2. The van der Waals surface area contributed by atoms with E-state index in [0.717, 1.165) is 83.3 Å².